The molecule has 0 unspecified atom stereocenters. The fraction of sp³-hybridized carbons (Fsp3) is 0.409. The molecule has 29 heavy (non-hydrogen) atoms. The molecule has 5 rings (SSSR count). The Morgan fingerprint density at radius 2 is 1.93 bits per heavy atom. The zero-order chi connectivity index (χ0) is 20.0. The number of hydrogen-bond acceptors (Lipinski definition) is 3. The number of ether oxygens (including phenoxy) is 1. The Morgan fingerprint density at radius 1 is 1.10 bits per heavy atom. The first kappa shape index (κ1) is 18.5. The van der Waals surface area contributed by atoms with Crippen LogP contribution < -0.4 is 4.90 Å². The van der Waals surface area contributed by atoms with E-state index in [2.05, 4.69) is 14.9 Å². The molecule has 2 heterocycles. The fourth-order valence-corrected chi connectivity index (χ4v) is 4.51. The highest BCUT2D eigenvalue weighted by Gasteiger charge is 2.36. The van der Waals surface area contributed by atoms with Gasteiger partial charge in [0.15, 0.2) is 0 Å². The standard InChI is InChI=1S/C22H22F3N3O/c23-18-9-15(1-3-17(18)14-5-7-22(24,25)8-6-14)21-11-29-13-28(21)16-2-4-19-20(10-16)27-12-26-19/h1-4,9-10,12,14,21H,5-8,11,13H2,(H,26,27)/t21-/m1/s1. The van der Waals surface area contributed by atoms with Crippen LogP contribution >= 0.6 is 0 Å². The molecular formula is C22H22F3N3O. The van der Waals surface area contributed by atoms with Crippen LogP contribution in [-0.4, -0.2) is 29.2 Å². The van der Waals surface area contributed by atoms with Gasteiger partial charge in [-0.15, -0.1) is 0 Å². The highest BCUT2D eigenvalue weighted by molar-refractivity contribution is 5.79. The number of nitrogens with one attached hydrogen (secondary N) is 1. The summed E-state index contributed by atoms with van der Waals surface area (Å²) in [5.74, 6) is -3.05. The van der Waals surface area contributed by atoms with Gasteiger partial charge in [0.05, 0.1) is 30.0 Å². The van der Waals surface area contributed by atoms with E-state index in [0.717, 1.165) is 22.3 Å². The summed E-state index contributed by atoms with van der Waals surface area (Å²) in [6.45, 7) is 0.890. The number of aromatic nitrogens is 2. The molecule has 1 saturated heterocycles. The lowest BCUT2D eigenvalue weighted by molar-refractivity contribution is -0.0384. The van der Waals surface area contributed by atoms with Crippen molar-refractivity contribution in [2.24, 2.45) is 0 Å². The Bertz CT molecular complexity index is 1030. The van der Waals surface area contributed by atoms with Gasteiger partial charge in [0.1, 0.15) is 12.5 Å². The summed E-state index contributed by atoms with van der Waals surface area (Å²) in [6.07, 6.45) is 1.97. The third-order valence-corrected chi connectivity index (χ3v) is 6.18. The van der Waals surface area contributed by atoms with Crippen LogP contribution in [-0.2, 0) is 4.74 Å². The molecule has 152 valence electrons. The molecule has 0 amide bonds. The van der Waals surface area contributed by atoms with E-state index < -0.39 is 5.92 Å². The Kier molecular flexibility index (Phi) is 4.50. The Labute approximate surface area is 166 Å². The van der Waals surface area contributed by atoms with Crippen LogP contribution in [0.5, 0.6) is 0 Å². The minimum Gasteiger partial charge on any atom is -0.359 e. The molecule has 2 aliphatic rings. The molecule has 1 atom stereocenters. The number of hydrogen-bond donors (Lipinski definition) is 1. The largest absolute Gasteiger partial charge is 0.359 e. The van der Waals surface area contributed by atoms with Crippen molar-refractivity contribution in [3.63, 3.8) is 0 Å². The van der Waals surface area contributed by atoms with E-state index in [1.165, 1.54) is 0 Å². The first-order valence-electron chi connectivity index (χ1n) is 9.95. The molecule has 3 aromatic rings. The molecule has 2 fully saturated rings. The van der Waals surface area contributed by atoms with Gasteiger partial charge in [-0.3, -0.25) is 0 Å². The minimum absolute atomic E-state index is 0.102. The smallest absolute Gasteiger partial charge is 0.248 e. The molecule has 0 radical (unpaired) electrons. The van der Waals surface area contributed by atoms with E-state index in [0.29, 0.717) is 31.7 Å². The number of aromatic amines is 1. The SMILES string of the molecule is Fc1cc([C@H]2COCN2c2ccc3nc[nH]c3c2)ccc1C1CCC(F)(F)CC1. The monoisotopic (exact) mass is 401 g/mol. The average molecular weight is 401 g/mol. The van der Waals surface area contributed by atoms with Crippen LogP contribution in [0.4, 0.5) is 18.9 Å². The van der Waals surface area contributed by atoms with E-state index >= 15 is 0 Å². The molecule has 7 heteroatoms. The molecule has 4 nitrogen and oxygen atoms in total. The number of H-pyrrole nitrogens is 1. The number of imidazole rings is 1. The molecule has 1 aliphatic carbocycles. The van der Waals surface area contributed by atoms with Crippen molar-refractivity contribution in [2.75, 3.05) is 18.2 Å². The first-order valence-corrected chi connectivity index (χ1v) is 9.95. The van der Waals surface area contributed by atoms with Crippen molar-refractivity contribution in [1.29, 1.82) is 0 Å². The molecule has 0 bridgehead atoms. The molecule has 1 aromatic heterocycles. The lowest BCUT2D eigenvalue weighted by Gasteiger charge is -2.29. The number of fused-ring (bicyclic) bond motifs is 1. The third-order valence-electron chi connectivity index (χ3n) is 6.18. The van der Waals surface area contributed by atoms with Crippen molar-refractivity contribution in [3.8, 4) is 0 Å². The van der Waals surface area contributed by atoms with E-state index in [-0.39, 0.29) is 30.6 Å². The molecule has 1 aliphatic heterocycles. The quantitative estimate of drug-likeness (QED) is 0.627. The van der Waals surface area contributed by atoms with E-state index in [9.17, 15) is 13.2 Å². The van der Waals surface area contributed by atoms with Crippen LogP contribution in [0.2, 0.25) is 0 Å². The van der Waals surface area contributed by atoms with Gasteiger partial charge in [-0.2, -0.15) is 0 Å². The van der Waals surface area contributed by atoms with Crippen LogP contribution in [0, 0.1) is 5.82 Å². The second kappa shape index (κ2) is 7.06. The summed E-state index contributed by atoms with van der Waals surface area (Å²) >= 11 is 0. The predicted octanol–water partition coefficient (Wildman–Crippen LogP) is 5.53. The number of benzene rings is 2. The lowest BCUT2D eigenvalue weighted by Crippen LogP contribution is -2.25. The third kappa shape index (κ3) is 3.48. The van der Waals surface area contributed by atoms with Gasteiger partial charge >= 0.3 is 0 Å². The summed E-state index contributed by atoms with van der Waals surface area (Å²) in [4.78, 5) is 9.43. The summed E-state index contributed by atoms with van der Waals surface area (Å²) in [7, 11) is 0. The van der Waals surface area contributed by atoms with Gasteiger partial charge < -0.3 is 14.6 Å². The summed E-state index contributed by atoms with van der Waals surface area (Å²) in [6, 6.07) is 11.1. The van der Waals surface area contributed by atoms with Crippen molar-refractivity contribution >= 4 is 16.7 Å². The van der Waals surface area contributed by atoms with Gasteiger partial charge in [0.25, 0.3) is 0 Å². The van der Waals surface area contributed by atoms with Crippen LogP contribution in [0.3, 0.4) is 0 Å². The highest BCUT2D eigenvalue weighted by Crippen LogP contribution is 2.42. The summed E-state index contributed by atoms with van der Waals surface area (Å²) in [5.41, 5.74) is 4.18. The number of nitrogens with zero attached hydrogens (tertiary/aromatic N) is 2. The van der Waals surface area contributed by atoms with Crippen LogP contribution in [0.15, 0.2) is 42.7 Å². The number of halogens is 3. The van der Waals surface area contributed by atoms with Crippen LogP contribution in [0.1, 0.15) is 48.8 Å². The minimum atomic E-state index is -2.61. The molecule has 2 aromatic carbocycles. The second-order valence-electron chi connectivity index (χ2n) is 8.00. The van der Waals surface area contributed by atoms with Crippen molar-refractivity contribution in [1.82, 2.24) is 9.97 Å². The highest BCUT2D eigenvalue weighted by atomic mass is 19.3. The number of alkyl halides is 2. The fourth-order valence-electron chi connectivity index (χ4n) is 4.51. The normalized spacial score (nSPS) is 22.4. The van der Waals surface area contributed by atoms with Gasteiger partial charge in [-0.1, -0.05) is 12.1 Å². The molecule has 0 spiro atoms. The van der Waals surface area contributed by atoms with Gasteiger partial charge in [-0.25, -0.2) is 18.2 Å². The van der Waals surface area contributed by atoms with Gasteiger partial charge in [0.2, 0.25) is 5.92 Å². The number of anilines is 1. The maximum absolute atomic E-state index is 14.9. The predicted molar refractivity (Wildman–Crippen MR) is 105 cm³/mol. The van der Waals surface area contributed by atoms with E-state index in [1.807, 2.05) is 24.3 Å². The molecular weight excluding hydrogens is 379 g/mol. The summed E-state index contributed by atoms with van der Waals surface area (Å²) < 4.78 is 47.4. The zero-order valence-electron chi connectivity index (χ0n) is 15.9. The zero-order valence-corrected chi connectivity index (χ0v) is 15.9. The topological polar surface area (TPSA) is 41.1 Å². The van der Waals surface area contributed by atoms with Crippen molar-refractivity contribution in [2.45, 2.75) is 43.6 Å². The van der Waals surface area contributed by atoms with E-state index in [4.69, 9.17) is 4.74 Å². The van der Waals surface area contributed by atoms with Crippen molar-refractivity contribution < 1.29 is 17.9 Å². The maximum Gasteiger partial charge on any atom is 0.248 e. The Balaban J connectivity index is 1.39. The maximum atomic E-state index is 14.9. The molecule has 1 N–H and O–H groups in total. The van der Waals surface area contributed by atoms with Crippen LogP contribution in [0.25, 0.3) is 11.0 Å². The van der Waals surface area contributed by atoms with Gasteiger partial charge in [-0.05, 0) is 54.2 Å². The average Bonchev–Trinajstić information content (AvgIpc) is 3.37. The molecule has 1 saturated carbocycles. The summed E-state index contributed by atoms with van der Waals surface area (Å²) in [5, 5.41) is 0. The number of rotatable bonds is 3. The first-order chi connectivity index (χ1) is 14.0. The Hall–Kier alpha value is -2.54. The lowest BCUT2D eigenvalue weighted by atomic mass is 9.81. The van der Waals surface area contributed by atoms with Crippen molar-refractivity contribution in [3.05, 3.63) is 59.7 Å². The van der Waals surface area contributed by atoms with E-state index in [1.54, 1.807) is 18.5 Å². The Morgan fingerprint density at radius 3 is 2.72 bits per heavy atom. The van der Waals surface area contributed by atoms with Gasteiger partial charge in [0, 0.05) is 18.5 Å². The second-order valence-corrected chi connectivity index (χ2v) is 8.00.